The second-order valence-electron chi connectivity index (χ2n) is 6.53. The second kappa shape index (κ2) is 4.16. The minimum atomic E-state index is -4.47. The van der Waals surface area contributed by atoms with Crippen LogP contribution in [0.3, 0.4) is 0 Å². The van der Waals surface area contributed by atoms with Crippen LogP contribution >= 0.6 is 0 Å². The van der Waals surface area contributed by atoms with Gasteiger partial charge in [-0.2, -0.15) is 18.4 Å². The maximum absolute atomic E-state index is 12.8. The fraction of sp³-hybridized carbons (Fsp3) is 0.562. The van der Waals surface area contributed by atoms with Crippen molar-refractivity contribution in [3.05, 3.63) is 29.3 Å². The fourth-order valence-corrected chi connectivity index (χ4v) is 4.68. The molecule has 3 saturated carbocycles. The van der Waals surface area contributed by atoms with Crippen LogP contribution < -0.4 is 5.32 Å². The van der Waals surface area contributed by atoms with E-state index in [1.807, 2.05) is 0 Å². The van der Waals surface area contributed by atoms with Gasteiger partial charge in [-0.1, -0.05) is 0 Å². The minimum Gasteiger partial charge on any atom is -0.382 e. The maximum Gasteiger partial charge on any atom is 0.417 e. The van der Waals surface area contributed by atoms with E-state index in [9.17, 15) is 13.2 Å². The van der Waals surface area contributed by atoms with Gasteiger partial charge in [0.15, 0.2) is 0 Å². The molecule has 0 radical (unpaired) electrons. The smallest absolute Gasteiger partial charge is 0.382 e. The molecule has 4 rings (SSSR count). The van der Waals surface area contributed by atoms with Crippen LogP contribution in [0.5, 0.6) is 0 Å². The van der Waals surface area contributed by atoms with Gasteiger partial charge in [-0.3, -0.25) is 0 Å². The van der Waals surface area contributed by atoms with Crippen molar-refractivity contribution in [3.63, 3.8) is 0 Å². The Balaban J connectivity index is 1.54. The quantitative estimate of drug-likeness (QED) is 0.893. The molecule has 0 heterocycles. The largest absolute Gasteiger partial charge is 0.417 e. The first-order valence-corrected chi connectivity index (χ1v) is 7.37. The van der Waals surface area contributed by atoms with Crippen molar-refractivity contribution in [1.29, 1.82) is 5.26 Å². The molecule has 2 bridgehead atoms. The molecule has 1 aromatic carbocycles. The highest BCUT2D eigenvalue weighted by Gasteiger charge is 2.65. The molecule has 0 aliphatic heterocycles. The van der Waals surface area contributed by atoms with Gasteiger partial charge in [0, 0.05) is 11.7 Å². The summed E-state index contributed by atoms with van der Waals surface area (Å²) >= 11 is 0. The Morgan fingerprint density at radius 3 is 2.38 bits per heavy atom. The molecular weight excluding hydrogens is 277 g/mol. The number of nitriles is 1. The van der Waals surface area contributed by atoms with E-state index in [4.69, 9.17) is 5.26 Å². The Morgan fingerprint density at radius 2 is 1.81 bits per heavy atom. The highest BCUT2D eigenvalue weighted by Crippen LogP contribution is 2.66. The first kappa shape index (κ1) is 13.0. The van der Waals surface area contributed by atoms with E-state index in [-0.39, 0.29) is 5.56 Å². The van der Waals surface area contributed by atoms with Crippen molar-refractivity contribution in [2.45, 2.75) is 31.5 Å². The molecule has 21 heavy (non-hydrogen) atoms. The Labute approximate surface area is 121 Å². The van der Waals surface area contributed by atoms with Gasteiger partial charge in [-0.05, 0) is 61.1 Å². The zero-order valence-electron chi connectivity index (χ0n) is 11.3. The summed E-state index contributed by atoms with van der Waals surface area (Å²) in [6.07, 6.45) is -0.524. The molecule has 1 aromatic rings. The van der Waals surface area contributed by atoms with Gasteiger partial charge in [-0.15, -0.1) is 0 Å². The van der Waals surface area contributed by atoms with Gasteiger partial charge in [-0.25, -0.2) is 0 Å². The molecule has 0 amide bonds. The number of fused-ring (bicyclic) bond motifs is 5. The summed E-state index contributed by atoms with van der Waals surface area (Å²) in [5, 5.41) is 12.3. The number of hydrogen-bond donors (Lipinski definition) is 1. The van der Waals surface area contributed by atoms with Gasteiger partial charge in [0.2, 0.25) is 0 Å². The van der Waals surface area contributed by atoms with Crippen LogP contribution in [0.25, 0.3) is 0 Å². The number of alkyl halides is 3. The van der Waals surface area contributed by atoms with Crippen molar-refractivity contribution in [3.8, 4) is 6.07 Å². The zero-order chi connectivity index (χ0) is 14.8. The molecule has 3 aliphatic carbocycles. The molecule has 1 N–H and O–H groups in total. The molecule has 0 spiro atoms. The first-order valence-electron chi connectivity index (χ1n) is 7.37. The number of nitrogens with zero attached hydrogens (tertiary/aromatic N) is 1. The number of anilines is 1. The van der Waals surface area contributed by atoms with E-state index in [1.54, 1.807) is 6.07 Å². The summed E-state index contributed by atoms with van der Waals surface area (Å²) in [5.74, 6) is 3.03. The average Bonchev–Trinajstić information content (AvgIpc) is 2.83. The van der Waals surface area contributed by atoms with Crippen molar-refractivity contribution in [2.75, 3.05) is 5.32 Å². The molecule has 4 unspecified atom stereocenters. The van der Waals surface area contributed by atoms with Crippen molar-refractivity contribution >= 4 is 5.69 Å². The molecule has 0 aromatic heterocycles. The van der Waals surface area contributed by atoms with Crippen molar-refractivity contribution in [1.82, 2.24) is 0 Å². The monoisotopic (exact) mass is 292 g/mol. The molecule has 0 saturated heterocycles. The molecule has 4 atom stereocenters. The fourth-order valence-electron chi connectivity index (χ4n) is 4.68. The molecular formula is C16H15F3N2. The number of hydrogen-bond acceptors (Lipinski definition) is 2. The predicted molar refractivity (Wildman–Crippen MR) is 71.4 cm³/mol. The molecule has 110 valence electrons. The van der Waals surface area contributed by atoms with E-state index in [2.05, 4.69) is 5.32 Å². The Kier molecular flexibility index (Phi) is 2.57. The van der Waals surface area contributed by atoms with E-state index in [1.165, 1.54) is 31.4 Å². The van der Waals surface area contributed by atoms with Gasteiger partial charge >= 0.3 is 6.18 Å². The van der Waals surface area contributed by atoms with Crippen molar-refractivity contribution in [2.24, 2.45) is 23.7 Å². The summed E-state index contributed by atoms with van der Waals surface area (Å²) in [7, 11) is 0. The lowest BCUT2D eigenvalue weighted by molar-refractivity contribution is -0.137. The zero-order valence-corrected chi connectivity index (χ0v) is 11.3. The number of halogens is 3. The number of rotatable bonds is 2. The van der Waals surface area contributed by atoms with Gasteiger partial charge < -0.3 is 5.32 Å². The summed E-state index contributed by atoms with van der Waals surface area (Å²) in [4.78, 5) is 0. The van der Waals surface area contributed by atoms with Crippen LogP contribution in [0, 0.1) is 35.0 Å². The lowest BCUT2D eigenvalue weighted by Crippen LogP contribution is -2.14. The second-order valence-corrected chi connectivity index (χ2v) is 6.53. The van der Waals surface area contributed by atoms with Crippen LogP contribution in [0.15, 0.2) is 18.2 Å². The number of benzene rings is 1. The van der Waals surface area contributed by atoms with Crippen LogP contribution in [0.4, 0.5) is 18.9 Å². The van der Waals surface area contributed by atoms with Gasteiger partial charge in [0.1, 0.15) is 0 Å². The van der Waals surface area contributed by atoms with Gasteiger partial charge in [0.25, 0.3) is 0 Å². The third-order valence-electron chi connectivity index (χ3n) is 5.51. The van der Waals surface area contributed by atoms with Gasteiger partial charge in [0.05, 0.1) is 17.2 Å². The molecule has 3 fully saturated rings. The van der Waals surface area contributed by atoms with E-state index >= 15 is 0 Å². The van der Waals surface area contributed by atoms with E-state index < -0.39 is 11.7 Å². The summed E-state index contributed by atoms with van der Waals surface area (Å²) in [6, 6.07) is 5.84. The lowest BCUT2D eigenvalue weighted by Gasteiger charge is -2.14. The van der Waals surface area contributed by atoms with Crippen LogP contribution in [0.1, 0.15) is 30.4 Å². The normalized spacial score (nSPS) is 36.2. The third kappa shape index (κ3) is 1.92. The topological polar surface area (TPSA) is 35.8 Å². The maximum atomic E-state index is 12.8. The highest BCUT2D eigenvalue weighted by molar-refractivity contribution is 5.55. The number of nitrogens with one attached hydrogen (secondary N) is 1. The summed E-state index contributed by atoms with van der Waals surface area (Å²) in [5.41, 5.74) is -0.522. The summed E-state index contributed by atoms with van der Waals surface area (Å²) < 4.78 is 38.3. The van der Waals surface area contributed by atoms with E-state index in [0.29, 0.717) is 23.6 Å². The Bertz CT molecular complexity index is 615. The standard InChI is InChI=1S/C16H15F3N2/c17-16(18,19)12-4-3-11(6-10(12)7-20)21-15-13-8-1-2-9(5-8)14(13)15/h3-4,6,8-9,13-15,21H,1-2,5H2. The Hall–Kier alpha value is -1.70. The van der Waals surface area contributed by atoms with Crippen LogP contribution in [-0.4, -0.2) is 6.04 Å². The van der Waals surface area contributed by atoms with Crippen molar-refractivity contribution < 1.29 is 13.2 Å². The Morgan fingerprint density at radius 1 is 1.14 bits per heavy atom. The molecule has 5 heteroatoms. The SMILES string of the molecule is N#Cc1cc(NC2C3C4CCC(C4)C23)ccc1C(F)(F)F. The first-order chi connectivity index (χ1) is 9.99. The molecule has 2 nitrogen and oxygen atoms in total. The third-order valence-corrected chi connectivity index (χ3v) is 5.51. The predicted octanol–water partition coefficient (Wildman–Crippen LogP) is 4.03. The minimum absolute atomic E-state index is 0.304. The summed E-state index contributed by atoms with van der Waals surface area (Å²) in [6.45, 7) is 0. The average molecular weight is 292 g/mol. The highest BCUT2D eigenvalue weighted by atomic mass is 19.4. The van der Waals surface area contributed by atoms with E-state index in [0.717, 1.165) is 17.9 Å². The van der Waals surface area contributed by atoms with Crippen LogP contribution in [-0.2, 0) is 6.18 Å². The van der Waals surface area contributed by atoms with Crippen LogP contribution in [0.2, 0.25) is 0 Å². The lowest BCUT2D eigenvalue weighted by atomic mass is 10.0. The molecule has 3 aliphatic rings.